The van der Waals surface area contributed by atoms with Crippen molar-refractivity contribution in [2.24, 2.45) is 0 Å². The van der Waals surface area contributed by atoms with Crippen LogP contribution >= 0.6 is 0 Å². The number of carbonyl (C=O) groups excluding carboxylic acids is 1. The zero-order valence-corrected chi connectivity index (χ0v) is 17.6. The van der Waals surface area contributed by atoms with Crippen molar-refractivity contribution in [2.45, 2.75) is 25.8 Å². The number of amides is 1. The number of anilines is 1. The standard InChI is InChI=1S/C27H22N4O/c28-17-20-7-1-2-9-23(20)24-10-3-4-11-25(24)27(32)30-21-14-12-19(13-15-21)26-29-18-22-8-5-6-16-31(22)26/h1-4,7,9-15,18H,5-6,8,16H2,(H,30,32). The number of imidazole rings is 1. The first-order valence-corrected chi connectivity index (χ1v) is 10.8. The van der Waals surface area contributed by atoms with E-state index in [-0.39, 0.29) is 5.91 Å². The number of hydrogen-bond donors (Lipinski definition) is 1. The third-order valence-electron chi connectivity index (χ3n) is 5.91. The van der Waals surface area contributed by atoms with E-state index < -0.39 is 0 Å². The Morgan fingerprint density at radius 1 is 0.938 bits per heavy atom. The van der Waals surface area contributed by atoms with Crippen LogP contribution in [0.4, 0.5) is 5.69 Å². The highest BCUT2D eigenvalue weighted by atomic mass is 16.1. The van der Waals surface area contributed by atoms with E-state index in [4.69, 9.17) is 0 Å². The summed E-state index contributed by atoms with van der Waals surface area (Å²) in [5.74, 6) is 0.773. The third kappa shape index (κ3) is 3.67. The van der Waals surface area contributed by atoms with Crippen molar-refractivity contribution in [1.82, 2.24) is 9.55 Å². The normalized spacial score (nSPS) is 12.6. The van der Waals surface area contributed by atoms with Gasteiger partial charge in [-0.2, -0.15) is 5.26 Å². The average molecular weight is 419 g/mol. The van der Waals surface area contributed by atoms with Gasteiger partial charge < -0.3 is 9.88 Å². The molecule has 1 aromatic heterocycles. The molecule has 0 bridgehead atoms. The van der Waals surface area contributed by atoms with Gasteiger partial charge in [-0.25, -0.2) is 4.98 Å². The van der Waals surface area contributed by atoms with Gasteiger partial charge in [-0.1, -0.05) is 36.4 Å². The molecule has 5 rings (SSSR count). The number of nitrogens with zero attached hydrogens (tertiary/aromatic N) is 3. The van der Waals surface area contributed by atoms with Crippen molar-refractivity contribution >= 4 is 11.6 Å². The molecule has 0 atom stereocenters. The molecule has 0 saturated carbocycles. The van der Waals surface area contributed by atoms with Crippen molar-refractivity contribution in [2.75, 3.05) is 5.32 Å². The zero-order valence-electron chi connectivity index (χ0n) is 17.6. The molecule has 0 spiro atoms. The van der Waals surface area contributed by atoms with Crippen LogP contribution in [-0.4, -0.2) is 15.5 Å². The molecule has 1 N–H and O–H groups in total. The molecule has 4 aromatic rings. The van der Waals surface area contributed by atoms with Gasteiger partial charge in [0.1, 0.15) is 5.82 Å². The molecule has 0 saturated heterocycles. The molecular formula is C27H22N4O. The Bertz CT molecular complexity index is 1330. The van der Waals surface area contributed by atoms with Gasteiger partial charge in [0.15, 0.2) is 0 Å². The molecule has 1 aliphatic heterocycles. The molecule has 156 valence electrons. The Labute approximate surface area is 187 Å². The summed E-state index contributed by atoms with van der Waals surface area (Å²) in [6.07, 6.45) is 5.45. The number of rotatable bonds is 4. The summed E-state index contributed by atoms with van der Waals surface area (Å²) >= 11 is 0. The maximum absolute atomic E-state index is 13.1. The topological polar surface area (TPSA) is 70.7 Å². The lowest BCUT2D eigenvalue weighted by Gasteiger charge is -2.16. The predicted octanol–water partition coefficient (Wildman–Crippen LogP) is 5.68. The van der Waals surface area contributed by atoms with Gasteiger partial charge in [-0.15, -0.1) is 0 Å². The molecule has 0 unspecified atom stereocenters. The van der Waals surface area contributed by atoms with Crippen LogP contribution in [0.1, 0.15) is 34.5 Å². The maximum atomic E-state index is 13.1. The minimum Gasteiger partial charge on any atom is -0.328 e. The number of carbonyl (C=O) groups is 1. The number of benzene rings is 3. The molecule has 32 heavy (non-hydrogen) atoms. The van der Waals surface area contributed by atoms with Gasteiger partial charge in [0.05, 0.1) is 11.6 Å². The molecule has 0 aliphatic carbocycles. The van der Waals surface area contributed by atoms with Gasteiger partial charge in [0, 0.05) is 40.8 Å². The first kappa shape index (κ1) is 19.8. The Hall–Kier alpha value is -4.17. The monoisotopic (exact) mass is 418 g/mol. The lowest BCUT2D eigenvalue weighted by Crippen LogP contribution is -2.13. The highest BCUT2D eigenvalue weighted by Crippen LogP contribution is 2.29. The minimum atomic E-state index is -0.209. The smallest absolute Gasteiger partial charge is 0.256 e. The second-order valence-electron chi connectivity index (χ2n) is 7.92. The number of nitrogens with one attached hydrogen (secondary N) is 1. The van der Waals surface area contributed by atoms with Crippen molar-refractivity contribution in [3.05, 3.63) is 95.8 Å². The van der Waals surface area contributed by atoms with E-state index in [0.29, 0.717) is 16.8 Å². The van der Waals surface area contributed by atoms with E-state index in [1.54, 1.807) is 12.1 Å². The lowest BCUT2D eigenvalue weighted by atomic mass is 9.95. The van der Waals surface area contributed by atoms with Gasteiger partial charge in [-0.3, -0.25) is 4.79 Å². The summed E-state index contributed by atoms with van der Waals surface area (Å²) in [7, 11) is 0. The van der Waals surface area contributed by atoms with Gasteiger partial charge >= 0.3 is 0 Å². The number of hydrogen-bond acceptors (Lipinski definition) is 3. The van der Waals surface area contributed by atoms with Crippen LogP contribution in [0.2, 0.25) is 0 Å². The lowest BCUT2D eigenvalue weighted by molar-refractivity contribution is 0.102. The van der Waals surface area contributed by atoms with E-state index in [2.05, 4.69) is 20.9 Å². The Kier molecular flexibility index (Phi) is 5.27. The fraction of sp³-hybridized carbons (Fsp3) is 0.148. The number of nitriles is 1. The third-order valence-corrected chi connectivity index (χ3v) is 5.91. The second kappa shape index (κ2) is 8.52. The SMILES string of the molecule is N#Cc1ccccc1-c1ccccc1C(=O)Nc1ccc(-c2ncc3n2CCCC3)cc1. The van der Waals surface area contributed by atoms with E-state index in [1.165, 1.54) is 18.5 Å². The maximum Gasteiger partial charge on any atom is 0.256 e. The summed E-state index contributed by atoms with van der Waals surface area (Å²) in [4.78, 5) is 17.7. The number of fused-ring (bicyclic) bond motifs is 1. The Morgan fingerprint density at radius 3 is 2.50 bits per heavy atom. The van der Waals surface area contributed by atoms with Crippen LogP contribution in [0.5, 0.6) is 0 Å². The Morgan fingerprint density at radius 2 is 1.69 bits per heavy atom. The van der Waals surface area contributed by atoms with Crippen LogP contribution in [-0.2, 0) is 13.0 Å². The largest absolute Gasteiger partial charge is 0.328 e. The van der Waals surface area contributed by atoms with Crippen molar-refractivity contribution in [3.63, 3.8) is 0 Å². The van der Waals surface area contributed by atoms with E-state index in [9.17, 15) is 10.1 Å². The second-order valence-corrected chi connectivity index (χ2v) is 7.92. The van der Waals surface area contributed by atoms with Crippen LogP contribution in [0.3, 0.4) is 0 Å². The molecule has 0 fully saturated rings. The zero-order chi connectivity index (χ0) is 21.9. The highest BCUT2D eigenvalue weighted by Gasteiger charge is 2.17. The van der Waals surface area contributed by atoms with Crippen LogP contribution in [0.25, 0.3) is 22.5 Å². The van der Waals surface area contributed by atoms with Crippen LogP contribution in [0, 0.1) is 11.3 Å². The predicted molar refractivity (Wildman–Crippen MR) is 125 cm³/mol. The van der Waals surface area contributed by atoms with Crippen LogP contribution < -0.4 is 5.32 Å². The molecular weight excluding hydrogens is 396 g/mol. The quantitative estimate of drug-likeness (QED) is 0.464. The van der Waals surface area contributed by atoms with Crippen molar-refractivity contribution in [1.29, 1.82) is 5.26 Å². The number of aromatic nitrogens is 2. The molecule has 2 heterocycles. The van der Waals surface area contributed by atoms with Crippen molar-refractivity contribution < 1.29 is 4.79 Å². The molecule has 5 heteroatoms. The summed E-state index contributed by atoms with van der Waals surface area (Å²) in [5, 5.41) is 12.5. The van der Waals surface area contributed by atoms with E-state index in [0.717, 1.165) is 35.5 Å². The van der Waals surface area contributed by atoms with E-state index >= 15 is 0 Å². The van der Waals surface area contributed by atoms with Gasteiger partial charge in [-0.05, 0) is 61.2 Å². The summed E-state index contributed by atoms with van der Waals surface area (Å²) < 4.78 is 2.29. The summed E-state index contributed by atoms with van der Waals surface area (Å²) in [6.45, 7) is 1.00. The van der Waals surface area contributed by atoms with E-state index in [1.807, 2.05) is 66.9 Å². The summed E-state index contributed by atoms with van der Waals surface area (Å²) in [6, 6.07) is 24.7. The fourth-order valence-electron chi connectivity index (χ4n) is 4.30. The van der Waals surface area contributed by atoms with Crippen molar-refractivity contribution in [3.8, 4) is 28.6 Å². The van der Waals surface area contributed by atoms with Gasteiger partial charge in [0.2, 0.25) is 0 Å². The van der Waals surface area contributed by atoms with Gasteiger partial charge in [0.25, 0.3) is 5.91 Å². The highest BCUT2D eigenvalue weighted by molar-refractivity contribution is 6.09. The first-order valence-electron chi connectivity index (χ1n) is 10.8. The minimum absolute atomic E-state index is 0.209. The molecule has 1 amide bonds. The average Bonchev–Trinajstić information content (AvgIpc) is 3.29. The molecule has 0 radical (unpaired) electrons. The summed E-state index contributed by atoms with van der Waals surface area (Å²) in [5.41, 5.74) is 5.61. The molecule has 1 aliphatic rings. The van der Waals surface area contributed by atoms with Crippen LogP contribution in [0.15, 0.2) is 79.0 Å². The number of aryl methyl sites for hydroxylation is 1. The Balaban J connectivity index is 1.40. The first-order chi connectivity index (χ1) is 15.7. The molecule has 5 nitrogen and oxygen atoms in total. The fourth-order valence-corrected chi connectivity index (χ4v) is 4.30. The molecule has 3 aromatic carbocycles.